The van der Waals surface area contributed by atoms with E-state index >= 15 is 0 Å². The molecule has 0 atom stereocenters. The maximum Gasteiger partial charge on any atom is 0.293 e. The molecule has 4 aromatic rings. The van der Waals surface area contributed by atoms with Gasteiger partial charge in [0.05, 0.1) is 18.4 Å². The van der Waals surface area contributed by atoms with E-state index in [1.807, 2.05) is 41.6 Å². The Hall–Kier alpha value is -3.52. The first kappa shape index (κ1) is 20.4. The van der Waals surface area contributed by atoms with Crippen molar-refractivity contribution >= 4 is 33.5 Å². The number of pyridine rings is 1. The molecular formula is C24H27N7O. The van der Waals surface area contributed by atoms with E-state index in [2.05, 4.69) is 23.3 Å². The minimum absolute atomic E-state index is 0.164. The second-order valence-corrected chi connectivity index (χ2v) is 8.32. The molecule has 0 saturated heterocycles. The number of benzene rings is 1. The summed E-state index contributed by atoms with van der Waals surface area (Å²) in [5.74, 6) is 0.731. The second-order valence-electron chi connectivity index (χ2n) is 8.32. The molecule has 32 heavy (non-hydrogen) atoms. The number of allylic oxidation sites excluding steroid dienone is 2. The number of aryl methyl sites for hydroxylation is 1. The molecule has 164 valence electrons. The van der Waals surface area contributed by atoms with Crippen LogP contribution in [0.4, 0.5) is 5.95 Å². The molecule has 3 aromatic heterocycles. The molecule has 2 N–H and O–H groups in total. The van der Waals surface area contributed by atoms with Gasteiger partial charge < -0.3 is 10.6 Å². The Morgan fingerprint density at radius 3 is 2.84 bits per heavy atom. The van der Waals surface area contributed by atoms with Gasteiger partial charge in [0.1, 0.15) is 11.0 Å². The van der Waals surface area contributed by atoms with Gasteiger partial charge in [0.25, 0.3) is 5.56 Å². The number of anilines is 1. The third-order valence-electron chi connectivity index (χ3n) is 6.00. The van der Waals surface area contributed by atoms with Gasteiger partial charge in [-0.1, -0.05) is 30.3 Å². The average molecular weight is 430 g/mol. The van der Waals surface area contributed by atoms with E-state index in [0.29, 0.717) is 30.7 Å². The number of likely N-dealkylation sites (N-methyl/N-ethyl adjacent to an activating group) is 1. The third-order valence-corrected chi connectivity index (χ3v) is 6.00. The van der Waals surface area contributed by atoms with Gasteiger partial charge >= 0.3 is 0 Å². The summed E-state index contributed by atoms with van der Waals surface area (Å²) in [6, 6.07) is 10.2. The van der Waals surface area contributed by atoms with Crippen LogP contribution in [0.15, 0.2) is 47.4 Å². The Kier molecular flexibility index (Phi) is 5.22. The molecule has 3 heterocycles. The van der Waals surface area contributed by atoms with Crippen molar-refractivity contribution in [2.45, 2.75) is 32.7 Å². The standard InChI is InChI=1S/C24H27N7O/c1-16-13-17-7-3-6-10-19(17)21(27-16)15-30-23(32)22-20(14-26-30)28-24(29(2)12-11-25)31(22)18-8-4-5-9-18/h3,6-8,10,13-14H,4-5,9,11-12,15,25H2,1-2H3. The molecule has 8 heteroatoms. The maximum atomic E-state index is 13.7. The van der Waals surface area contributed by atoms with Gasteiger partial charge in [-0.3, -0.25) is 14.3 Å². The largest absolute Gasteiger partial charge is 0.344 e. The number of hydrogen-bond acceptors (Lipinski definition) is 6. The minimum Gasteiger partial charge on any atom is -0.344 e. The van der Waals surface area contributed by atoms with Gasteiger partial charge in [0.15, 0.2) is 0 Å². The van der Waals surface area contributed by atoms with Crippen LogP contribution >= 0.6 is 0 Å². The lowest BCUT2D eigenvalue weighted by atomic mass is 10.1. The van der Waals surface area contributed by atoms with Gasteiger partial charge in [-0.15, -0.1) is 0 Å². The van der Waals surface area contributed by atoms with Gasteiger partial charge in [0.2, 0.25) is 5.95 Å². The summed E-state index contributed by atoms with van der Waals surface area (Å²) in [5, 5.41) is 6.59. The first-order chi connectivity index (χ1) is 15.6. The molecule has 0 radical (unpaired) electrons. The molecular weight excluding hydrogens is 402 g/mol. The number of aromatic nitrogens is 5. The number of imidazole rings is 1. The van der Waals surface area contributed by atoms with E-state index in [-0.39, 0.29) is 5.56 Å². The van der Waals surface area contributed by atoms with Crippen molar-refractivity contribution in [2.24, 2.45) is 5.73 Å². The van der Waals surface area contributed by atoms with E-state index in [0.717, 1.165) is 53.1 Å². The third kappa shape index (κ3) is 3.46. The van der Waals surface area contributed by atoms with Crippen LogP contribution in [0.3, 0.4) is 0 Å². The van der Waals surface area contributed by atoms with Crippen LogP contribution in [0.25, 0.3) is 27.5 Å². The van der Waals surface area contributed by atoms with Crippen molar-refractivity contribution in [3.8, 4) is 0 Å². The Labute approximate surface area is 186 Å². The van der Waals surface area contributed by atoms with Crippen molar-refractivity contribution in [2.75, 3.05) is 25.0 Å². The molecule has 1 aliphatic rings. The van der Waals surface area contributed by atoms with Gasteiger partial charge in [-0.25, -0.2) is 9.67 Å². The van der Waals surface area contributed by atoms with Crippen molar-refractivity contribution in [1.82, 2.24) is 24.3 Å². The normalized spacial score (nSPS) is 13.8. The number of fused-ring (bicyclic) bond motifs is 2. The summed E-state index contributed by atoms with van der Waals surface area (Å²) in [6.07, 6.45) is 6.88. The predicted molar refractivity (Wildman–Crippen MR) is 128 cm³/mol. The van der Waals surface area contributed by atoms with Crippen molar-refractivity contribution < 1.29 is 0 Å². The predicted octanol–water partition coefficient (Wildman–Crippen LogP) is 2.92. The van der Waals surface area contributed by atoms with Gasteiger partial charge in [-0.05, 0) is 37.6 Å². The molecule has 1 aliphatic carbocycles. The SMILES string of the molecule is Cc1cc2ccccc2c(Cn2ncc3nc(N(C)CCN)n(C4=CCCC4)c3c2=O)n1. The summed E-state index contributed by atoms with van der Waals surface area (Å²) >= 11 is 0. The highest BCUT2D eigenvalue weighted by Crippen LogP contribution is 2.30. The summed E-state index contributed by atoms with van der Waals surface area (Å²) in [4.78, 5) is 25.1. The molecule has 0 unspecified atom stereocenters. The fraction of sp³-hybridized carbons (Fsp3) is 0.333. The monoisotopic (exact) mass is 429 g/mol. The first-order valence-electron chi connectivity index (χ1n) is 11.0. The van der Waals surface area contributed by atoms with Crippen LogP contribution in [0, 0.1) is 6.92 Å². The van der Waals surface area contributed by atoms with E-state index in [4.69, 9.17) is 15.7 Å². The number of rotatable bonds is 6. The zero-order valence-electron chi connectivity index (χ0n) is 18.5. The van der Waals surface area contributed by atoms with Crippen molar-refractivity contribution in [1.29, 1.82) is 0 Å². The van der Waals surface area contributed by atoms with E-state index in [1.54, 1.807) is 6.20 Å². The Morgan fingerprint density at radius 2 is 2.06 bits per heavy atom. The van der Waals surface area contributed by atoms with Crippen LogP contribution in [-0.2, 0) is 6.54 Å². The number of nitrogens with zero attached hydrogens (tertiary/aromatic N) is 6. The van der Waals surface area contributed by atoms with Crippen LogP contribution in [0.2, 0.25) is 0 Å². The van der Waals surface area contributed by atoms with Crippen LogP contribution in [-0.4, -0.2) is 44.5 Å². The van der Waals surface area contributed by atoms with Crippen molar-refractivity contribution in [3.05, 3.63) is 64.3 Å². The smallest absolute Gasteiger partial charge is 0.293 e. The minimum atomic E-state index is -0.164. The van der Waals surface area contributed by atoms with E-state index < -0.39 is 0 Å². The number of nitrogens with two attached hydrogens (primary N) is 1. The fourth-order valence-electron chi connectivity index (χ4n) is 4.49. The highest BCUT2D eigenvalue weighted by atomic mass is 16.1. The van der Waals surface area contributed by atoms with Crippen LogP contribution < -0.4 is 16.2 Å². The molecule has 1 aromatic carbocycles. The Bertz CT molecular complexity index is 1400. The van der Waals surface area contributed by atoms with Gasteiger partial charge in [-0.2, -0.15) is 5.10 Å². The maximum absolute atomic E-state index is 13.7. The molecule has 0 fully saturated rings. The lowest BCUT2D eigenvalue weighted by molar-refractivity contribution is 0.636. The molecule has 8 nitrogen and oxygen atoms in total. The summed E-state index contributed by atoms with van der Waals surface area (Å²) < 4.78 is 3.50. The molecule has 0 spiro atoms. The van der Waals surface area contributed by atoms with Gasteiger partial charge in [0, 0.05) is 36.9 Å². The summed E-state index contributed by atoms with van der Waals surface area (Å²) in [5.41, 5.74) is 9.64. The lowest BCUT2D eigenvalue weighted by Crippen LogP contribution is -2.29. The zero-order valence-corrected chi connectivity index (χ0v) is 18.5. The molecule has 0 saturated carbocycles. The lowest BCUT2D eigenvalue weighted by Gasteiger charge is -2.19. The summed E-state index contributed by atoms with van der Waals surface area (Å²) in [6.45, 7) is 3.43. The van der Waals surface area contributed by atoms with Crippen molar-refractivity contribution in [3.63, 3.8) is 0 Å². The Balaban J connectivity index is 1.68. The highest BCUT2D eigenvalue weighted by Gasteiger charge is 2.22. The van der Waals surface area contributed by atoms with Crippen LogP contribution in [0.1, 0.15) is 30.7 Å². The topological polar surface area (TPSA) is 94.9 Å². The zero-order chi connectivity index (χ0) is 22.2. The quantitative estimate of drug-likeness (QED) is 0.506. The molecule has 5 rings (SSSR count). The Morgan fingerprint density at radius 1 is 1.22 bits per heavy atom. The second kappa shape index (κ2) is 8.20. The fourth-order valence-corrected chi connectivity index (χ4v) is 4.49. The molecule has 0 aliphatic heterocycles. The van der Waals surface area contributed by atoms with Crippen LogP contribution in [0.5, 0.6) is 0 Å². The average Bonchev–Trinajstić information content (AvgIpc) is 3.43. The molecule has 0 bridgehead atoms. The first-order valence-corrected chi connectivity index (χ1v) is 11.0. The number of hydrogen-bond donors (Lipinski definition) is 1. The molecule has 0 amide bonds. The summed E-state index contributed by atoms with van der Waals surface area (Å²) in [7, 11) is 1.95. The highest BCUT2D eigenvalue weighted by molar-refractivity contribution is 5.85. The van der Waals surface area contributed by atoms with E-state index in [9.17, 15) is 4.79 Å². The van der Waals surface area contributed by atoms with E-state index in [1.165, 1.54) is 4.68 Å².